The van der Waals surface area contributed by atoms with Crippen LogP contribution in [0, 0.1) is 5.41 Å². The summed E-state index contributed by atoms with van der Waals surface area (Å²) < 4.78 is 5.60. The molecule has 1 aromatic heterocycles. The molecule has 0 unspecified atom stereocenters. The summed E-state index contributed by atoms with van der Waals surface area (Å²) in [6, 6.07) is 9.01. The van der Waals surface area contributed by atoms with Crippen LogP contribution in [0.1, 0.15) is 49.3 Å². The van der Waals surface area contributed by atoms with Crippen LogP contribution >= 0.6 is 0 Å². The number of hydrogen-bond donors (Lipinski definition) is 3. The van der Waals surface area contributed by atoms with Gasteiger partial charge >= 0.3 is 6.01 Å². The van der Waals surface area contributed by atoms with Gasteiger partial charge < -0.3 is 15.9 Å². The molecule has 1 aliphatic rings. The molecule has 2 heterocycles. The Morgan fingerprint density at radius 2 is 1.89 bits per heavy atom. The van der Waals surface area contributed by atoms with Crippen LogP contribution in [-0.4, -0.2) is 40.8 Å². The Morgan fingerprint density at radius 1 is 1.18 bits per heavy atom. The number of quaternary nitrogens is 1. The Balaban J connectivity index is 1.62. The molecule has 0 spiro atoms. The number of unbranched alkanes of at least 4 members (excludes halogenated alkanes) is 1. The van der Waals surface area contributed by atoms with Crippen molar-refractivity contribution in [3.8, 4) is 6.01 Å². The number of nitrogen functional groups attached to an aromatic ring is 1. The Morgan fingerprint density at radius 3 is 2.57 bits per heavy atom. The Hall–Kier alpha value is -2.51. The predicted octanol–water partition coefficient (Wildman–Crippen LogP) is 2.23. The Kier molecular flexibility index (Phi) is 7.33. The first-order valence-electron chi connectivity index (χ1n) is 10.1. The first kappa shape index (κ1) is 20.2. The standard InChI is InChI=1S/C21H30N6O/c1-2-3-12-28-21-25-19(23)18(13-22)20(26-21)24-14-16-6-8-17(9-7-16)15-27-10-4-5-11-27/h6-9,13,22H,2-5,10-12,14-15H2,1H3,(H3,23,24,25,26)/p+1. The maximum absolute atomic E-state index is 7.63. The second kappa shape index (κ2) is 10.1. The molecule has 1 aromatic carbocycles. The first-order chi connectivity index (χ1) is 13.7. The van der Waals surface area contributed by atoms with Crippen molar-refractivity contribution in [1.82, 2.24) is 14.9 Å². The van der Waals surface area contributed by atoms with E-state index in [1.807, 2.05) is 5.32 Å². The maximum Gasteiger partial charge on any atom is 0.323 e. The number of anilines is 1. The van der Waals surface area contributed by atoms with Crippen LogP contribution in [0.15, 0.2) is 24.3 Å². The Bertz CT molecular complexity index is 771. The van der Waals surface area contributed by atoms with Crippen LogP contribution in [0.2, 0.25) is 0 Å². The highest BCUT2D eigenvalue weighted by Crippen LogP contribution is 2.17. The van der Waals surface area contributed by atoms with E-state index < -0.39 is 0 Å². The van der Waals surface area contributed by atoms with Gasteiger partial charge in [-0.2, -0.15) is 4.98 Å². The number of ether oxygens (including phenoxy) is 1. The van der Waals surface area contributed by atoms with Gasteiger partial charge in [0.15, 0.2) is 0 Å². The molecule has 7 nitrogen and oxygen atoms in total. The molecule has 5 N–H and O–H groups in total. The van der Waals surface area contributed by atoms with Crippen LogP contribution in [0.4, 0.5) is 11.6 Å². The van der Waals surface area contributed by atoms with Gasteiger partial charge in [0.1, 0.15) is 17.9 Å². The summed E-state index contributed by atoms with van der Waals surface area (Å²) in [5, 5.41) is 9.62. The average Bonchev–Trinajstić information content (AvgIpc) is 3.20. The highest BCUT2D eigenvalue weighted by molar-refractivity contribution is 5.87. The van der Waals surface area contributed by atoms with Crippen molar-refractivity contribution in [2.75, 3.05) is 25.4 Å². The average molecular weight is 384 g/mol. The summed E-state index contributed by atoms with van der Waals surface area (Å²) in [7, 11) is 0. The highest BCUT2D eigenvalue weighted by atomic mass is 16.5. The highest BCUT2D eigenvalue weighted by Gasteiger charge is 2.16. The minimum absolute atomic E-state index is 0.281. The van der Waals surface area contributed by atoms with E-state index in [9.17, 15) is 0 Å². The van der Waals surface area contributed by atoms with Gasteiger partial charge in [-0.05, 0) is 37.9 Å². The van der Waals surface area contributed by atoms with Crippen molar-refractivity contribution in [1.29, 1.82) is 5.41 Å². The van der Waals surface area contributed by atoms with Crippen LogP contribution in [0.5, 0.6) is 6.01 Å². The largest absolute Gasteiger partial charge is 0.463 e. The third-order valence-corrected chi connectivity index (χ3v) is 5.02. The van der Waals surface area contributed by atoms with E-state index in [4.69, 9.17) is 15.9 Å². The van der Waals surface area contributed by atoms with Gasteiger partial charge in [-0.3, -0.25) is 10.2 Å². The monoisotopic (exact) mass is 383 g/mol. The SMILES string of the molecule is CCCCOc1nc(N)c(C=N)c([NH2+]Cc2ccc(CN3CCCC3)cc2)n1. The fourth-order valence-corrected chi connectivity index (χ4v) is 3.35. The van der Waals surface area contributed by atoms with Crippen molar-refractivity contribution in [2.45, 2.75) is 45.7 Å². The summed E-state index contributed by atoms with van der Waals surface area (Å²) in [4.78, 5) is 11.1. The second-order valence-corrected chi connectivity index (χ2v) is 7.24. The molecule has 0 atom stereocenters. The summed E-state index contributed by atoms with van der Waals surface area (Å²) in [6.45, 7) is 6.84. The quantitative estimate of drug-likeness (QED) is 0.431. The fourth-order valence-electron chi connectivity index (χ4n) is 3.35. The van der Waals surface area contributed by atoms with E-state index in [1.54, 1.807) is 0 Å². The predicted molar refractivity (Wildman–Crippen MR) is 111 cm³/mol. The number of hydrogen-bond acceptors (Lipinski definition) is 6. The van der Waals surface area contributed by atoms with E-state index in [-0.39, 0.29) is 11.8 Å². The molecule has 1 fully saturated rings. The van der Waals surface area contributed by atoms with Gasteiger partial charge in [0.2, 0.25) is 5.82 Å². The molecule has 0 aliphatic carbocycles. The lowest BCUT2D eigenvalue weighted by molar-refractivity contribution is -0.592. The van der Waals surface area contributed by atoms with E-state index in [0.29, 0.717) is 18.0 Å². The van der Waals surface area contributed by atoms with Crippen LogP contribution < -0.4 is 15.8 Å². The van der Waals surface area contributed by atoms with Crippen molar-refractivity contribution in [2.24, 2.45) is 0 Å². The van der Waals surface area contributed by atoms with Gasteiger partial charge in [0.25, 0.3) is 0 Å². The molecule has 150 valence electrons. The number of nitrogens with one attached hydrogen (secondary N) is 1. The number of rotatable bonds is 10. The smallest absolute Gasteiger partial charge is 0.323 e. The number of likely N-dealkylation sites (tertiary alicyclic amines) is 1. The minimum Gasteiger partial charge on any atom is -0.463 e. The van der Waals surface area contributed by atoms with Gasteiger partial charge in [-0.25, -0.2) is 0 Å². The zero-order valence-corrected chi connectivity index (χ0v) is 16.7. The van der Waals surface area contributed by atoms with Gasteiger partial charge in [-0.15, -0.1) is 4.98 Å². The zero-order chi connectivity index (χ0) is 19.8. The molecule has 2 aromatic rings. The summed E-state index contributed by atoms with van der Waals surface area (Å²) in [5.41, 5.74) is 9.08. The lowest BCUT2D eigenvalue weighted by Gasteiger charge is -2.14. The molecule has 3 rings (SSSR count). The lowest BCUT2D eigenvalue weighted by Crippen LogP contribution is -2.77. The second-order valence-electron chi connectivity index (χ2n) is 7.24. The number of nitrogens with two attached hydrogens (primary N) is 2. The first-order valence-corrected chi connectivity index (χ1v) is 10.1. The number of aromatic nitrogens is 2. The molecule has 28 heavy (non-hydrogen) atoms. The number of nitrogens with zero attached hydrogens (tertiary/aromatic N) is 3. The maximum atomic E-state index is 7.63. The molecular formula is C21H31N6O+. The van der Waals surface area contributed by atoms with Gasteiger partial charge in [0.05, 0.1) is 6.61 Å². The summed E-state index contributed by atoms with van der Waals surface area (Å²) in [5.74, 6) is 0.929. The molecule has 0 saturated carbocycles. The zero-order valence-electron chi connectivity index (χ0n) is 16.7. The minimum atomic E-state index is 0.281. The molecule has 0 amide bonds. The molecule has 0 radical (unpaired) electrons. The molecule has 0 bridgehead atoms. The summed E-state index contributed by atoms with van der Waals surface area (Å²) in [6.07, 6.45) is 5.82. The normalized spacial score (nSPS) is 14.3. The van der Waals surface area contributed by atoms with E-state index in [0.717, 1.165) is 25.9 Å². The molecule has 1 saturated heterocycles. The fraction of sp³-hybridized carbons (Fsp3) is 0.476. The van der Waals surface area contributed by atoms with Gasteiger partial charge in [0, 0.05) is 18.3 Å². The van der Waals surface area contributed by atoms with Crippen LogP contribution in [-0.2, 0) is 13.1 Å². The van der Waals surface area contributed by atoms with Crippen molar-refractivity contribution >= 4 is 17.9 Å². The molecular weight excluding hydrogens is 352 g/mol. The van der Waals surface area contributed by atoms with Crippen LogP contribution in [0.3, 0.4) is 0 Å². The molecule has 7 heteroatoms. The summed E-state index contributed by atoms with van der Waals surface area (Å²) >= 11 is 0. The third-order valence-electron chi connectivity index (χ3n) is 5.02. The topological polar surface area (TPSA) is 105 Å². The van der Waals surface area contributed by atoms with Crippen molar-refractivity contribution in [3.63, 3.8) is 0 Å². The third kappa shape index (κ3) is 5.50. The van der Waals surface area contributed by atoms with E-state index in [2.05, 4.69) is 46.1 Å². The van der Waals surface area contributed by atoms with Crippen molar-refractivity contribution in [3.05, 3.63) is 41.0 Å². The van der Waals surface area contributed by atoms with Crippen molar-refractivity contribution < 1.29 is 10.1 Å². The van der Waals surface area contributed by atoms with E-state index >= 15 is 0 Å². The lowest BCUT2D eigenvalue weighted by atomic mass is 10.1. The Labute approximate surface area is 166 Å². The van der Waals surface area contributed by atoms with E-state index in [1.165, 1.54) is 43.3 Å². The molecule has 1 aliphatic heterocycles. The van der Waals surface area contributed by atoms with Gasteiger partial charge in [-0.1, -0.05) is 37.6 Å². The number of benzene rings is 1. The van der Waals surface area contributed by atoms with Crippen LogP contribution in [0.25, 0.3) is 0 Å².